The topological polar surface area (TPSA) is 59.8 Å². The number of amides is 1. The summed E-state index contributed by atoms with van der Waals surface area (Å²) in [5, 5.41) is 11.9. The van der Waals surface area contributed by atoms with E-state index in [4.69, 9.17) is 11.6 Å². The van der Waals surface area contributed by atoms with Crippen LogP contribution in [0.5, 0.6) is 0 Å². The third kappa shape index (κ3) is 3.35. The third-order valence-electron chi connectivity index (χ3n) is 5.45. The molecule has 0 aliphatic heterocycles. The van der Waals surface area contributed by atoms with Crippen LogP contribution in [0.2, 0.25) is 5.02 Å². The quantitative estimate of drug-likeness (QED) is 0.725. The van der Waals surface area contributed by atoms with Crippen LogP contribution in [-0.4, -0.2) is 27.4 Å². The van der Waals surface area contributed by atoms with E-state index in [-0.39, 0.29) is 11.3 Å². The molecule has 2 aromatic carbocycles. The summed E-state index contributed by atoms with van der Waals surface area (Å²) in [7, 11) is 0. The molecule has 3 aromatic rings. The molecule has 138 valence electrons. The van der Waals surface area contributed by atoms with Gasteiger partial charge in [-0.1, -0.05) is 59.6 Å². The third-order valence-corrected chi connectivity index (χ3v) is 5.68. The molecular formula is C21H21ClN4O. The van der Waals surface area contributed by atoms with Crippen LogP contribution in [0.25, 0.3) is 5.69 Å². The van der Waals surface area contributed by atoms with Crippen LogP contribution >= 0.6 is 11.6 Å². The molecule has 6 heteroatoms. The van der Waals surface area contributed by atoms with E-state index < -0.39 is 0 Å². The molecule has 0 atom stereocenters. The highest BCUT2D eigenvalue weighted by molar-refractivity contribution is 6.30. The van der Waals surface area contributed by atoms with E-state index in [1.54, 1.807) is 16.8 Å². The molecule has 1 aliphatic rings. The standard InChI is InChI=1S/C21H21ClN4O/c1-15-19(24-25-26(15)18-10-5-9-17(22)13-18)20(27)23-14-21(11-6-12-21)16-7-3-2-4-8-16/h2-5,7-10,13H,6,11-12,14H2,1H3,(H,23,27). The molecule has 5 nitrogen and oxygen atoms in total. The number of halogens is 1. The highest BCUT2D eigenvalue weighted by atomic mass is 35.5. The highest BCUT2D eigenvalue weighted by Crippen LogP contribution is 2.43. The van der Waals surface area contributed by atoms with Gasteiger partial charge in [0.05, 0.1) is 11.4 Å². The van der Waals surface area contributed by atoms with Gasteiger partial charge >= 0.3 is 0 Å². The van der Waals surface area contributed by atoms with Gasteiger partial charge < -0.3 is 5.32 Å². The van der Waals surface area contributed by atoms with E-state index in [9.17, 15) is 4.79 Å². The Hall–Kier alpha value is -2.66. The average molecular weight is 381 g/mol. The van der Waals surface area contributed by atoms with Crippen molar-refractivity contribution in [3.05, 3.63) is 76.6 Å². The molecule has 0 bridgehead atoms. The van der Waals surface area contributed by atoms with Gasteiger partial charge in [-0.05, 0) is 43.5 Å². The van der Waals surface area contributed by atoms with Crippen molar-refractivity contribution in [2.24, 2.45) is 0 Å². The normalized spacial score (nSPS) is 15.2. The number of rotatable bonds is 5. The van der Waals surface area contributed by atoms with Gasteiger partial charge in [0.1, 0.15) is 0 Å². The van der Waals surface area contributed by atoms with E-state index in [0.717, 1.165) is 18.5 Å². The molecule has 1 saturated carbocycles. The lowest BCUT2D eigenvalue weighted by Gasteiger charge is -2.42. The SMILES string of the molecule is Cc1c(C(=O)NCC2(c3ccccc3)CCC2)nnn1-c1cccc(Cl)c1. The zero-order valence-corrected chi connectivity index (χ0v) is 15.9. The van der Waals surface area contributed by atoms with Crippen LogP contribution in [0.3, 0.4) is 0 Å². The van der Waals surface area contributed by atoms with Gasteiger partial charge in [-0.25, -0.2) is 4.68 Å². The van der Waals surface area contributed by atoms with E-state index in [1.165, 1.54) is 12.0 Å². The van der Waals surface area contributed by atoms with E-state index in [0.29, 0.717) is 23.0 Å². The summed E-state index contributed by atoms with van der Waals surface area (Å²) < 4.78 is 1.64. The first-order chi connectivity index (χ1) is 13.1. The molecule has 0 saturated heterocycles. The number of hydrogen-bond donors (Lipinski definition) is 1. The largest absolute Gasteiger partial charge is 0.350 e. The van der Waals surface area contributed by atoms with Crippen LogP contribution in [0.1, 0.15) is 41.0 Å². The fourth-order valence-electron chi connectivity index (χ4n) is 3.69. The number of hydrogen-bond acceptors (Lipinski definition) is 3. The second-order valence-corrected chi connectivity index (χ2v) is 7.53. The minimum Gasteiger partial charge on any atom is -0.350 e. The minimum absolute atomic E-state index is 0.0355. The molecule has 1 aromatic heterocycles. The second kappa shape index (κ2) is 7.16. The van der Waals surface area contributed by atoms with Gasteiger partial charge in [0.25, 0.3) is 5.91 Å². The van der Waals surface area contributed by atoms with Gasteiger partial charge in [-0.3, -0.25) is 4.79 Å². The highest BCUT2D eigenvalue weighted by Gasteiger charge is 2.39. The first-order valence-corrected chi connectivity index (χ1v) is 9.49. The fourth-order valence-corrected chi connectivity index (χ4v) is 3.87. The molecule has 1 fully saturated rings. The summed E-state index contributed by atoms with van der Waals surface area (Å²) in [6.07, 6.45) is 3.37. The van der Waals surface area contributed by atoms with Crippen molar-refractivity contribution in [1.82, 2.24) is 20.3 Å². The Morgan fingerprint density at radius 2 is 1.96 bits per heavy atom. The van der Waals surface area contributed by atoms with Crippen molar-refractivity contribution in [2.45, 2.75) is 31.6 Å². The van der Waals surface area contributed by atoms with E-state index >= 15 is 0 Å². The summed E-state index contributed by atoms with van der Waals surface area (Å²) in [5.41, 5.74) is 3.14. The summed E-state index contributed by atoms with van der Waals surface area (Å²) in [6.45, 7) is 2.45. The maximum absolute atomic E-state index is 12.7. The molecular weight excluding hydrogens is 360 g/mol. The fraction of sp³-hybridized carbons (Fsp3) is 0.286. The van der Waals surface area contributed by atoms with E-state index in [2.05, 4.69) is 39.9 Å². The van der Waals surface area contributed by atoms with Crippen LogP contribution in [-0.2, 0) is 5.41 Å². The number of nitrogens with zero attached hydrogens (tertiary/aromatic N) is 3. The molecule has 0 radical (unpaired) electrons. The number of carbonyl (C=O) groups excluding carboxylic acids is 1. The molecule has 4 rings (SSSR count). The predicted molar refractivity (Wildman–Crippen MR) is 105 cm³/mol. The first kappa shape index (κ1) is 17.7. The Labute approximate surface area is 163 Å². The average Bonchev–Trinajstić information content (AvgIpc) is 3.03. The molecule has 1 aliphatic carbocycles. The first-order valence-electron chi connectivity index (χ1n) is 9.11. The zero-order valence-electron chi connectivity index (χ0n) is 15.2. The molecule has 1 N–H and O–H groups in total. The molecule has 0 unspecified atom stereocenters. The lowest BCUT2D eigenvalue weighted by Crippen LogP contribution is -2.45. The summed E-state index contributed by atoms with van der Waals surface area (Å²) in [5.74, 6) is -0.192. The van der Waals surface area contributed by atoms with Crippen LogP contribution in [0.4, 0.5) is 0 Å². The number of benzene rings is 2. The minimum atomic E-state index is -0.192. The lowest BCUT2D eigenvalue weighted by atomic mass is 9.64. The van der Waals surface area contributed by atoms with Gasteiger partial charge in [0.2, 0.25) is 0 Å². The van der Waals surface area contributed by atoms with Gasteiger partial charge in [0.15, 0.2) is 5.69 Å². The predicted octanol–water partition coefficient (Wildman–Crippen LogP) is 4.08. The van der Waals surface area contributed by atoms with Gasteiger partial charge in [-0.2, -0.15) is 0 Å². The monoisotopic (exact) mass is 380 g/mol. The summed E-state index contributed by atoms with van der Waals surface area (Å²) >= 11 is 6.06. The molecule has 0 spiro atoms. The zero-order chi connectivity index (χ0) is 18.9. The Kier molecular flexibility index (Phi) is 4.70. The Morgan fingerprint density at radius 3 is 2.63 bits per heavy atom. The van der Waals surface area contributed by atoms with Gasteiger partial charge in [-0.15, -0.1) is 5.10 Å². The van der Waals surface area contributed by atoms with Crippen LogP contribution in [0.15, 0.2) is 54.6 Å². The Morgan fingerprint density at radius 1 is 1.19 bits per heavy atom. The molecule has 1 heterocycles. The second-order valence-electron chi connectivity index (χ2n) is 7.10. The van der Waals surface area contributed by atoms with Crippen molar-refractivity contribution in [3.8, 4) is 5.69 Å². The van der Waals surface area contributed by atoms with Crippen molar-refractivity contribution in [1.29, 1.82) is 0 Å². The summed E-state index contributed by atoms with van der Waals surface area (Å²) in [6, 6.07) is 17.7. The van der Waals surface area contributed by atoms with Crippen molar-refractivity contribution < 1.29 is 4.79 Å². The Balaban J connectivity index is 1.51. The maximum atomic E-state index is 12.7. The molecule has 1 amide bonds. The number of aromatic nitrogens is 3. The van der Waals surface area contributed by atoms with Crippen molar-refractivity contribution in [2.75, 3.05) is 6.54 Å². The van der Waals surface area contributed by atoms with E-state index in [1.807, 2.05) is 25.1 Å². The van der Waals surface area contributed by atoms with Crippen molar-refractivity contribution >= 4 is 17.5 Å². The van der Waals surface area contributed by atoms with Crippen molar-refractivity contribution in [3.63, 3.8) is 0 Å². The Bertz CT molecular complexity index is 963. The maximum Gasteiger partial charge on any atom is 0.273 e. The lowest BCUT2D eigenvalue weighted by molar-refractivity contribution is 0.0922. The number of nitrogens with one attached hydrogen (secondary N) is 1. The smallest absolute Gasteiger partial charge is 0.273 e. The summed E-state index contributed by atoms with van der Waals surface area (Å²) in [4.78, 5) is 12.7. The van der Waals surface area contributed by atoms with Crippen LogP contribution in [0, 0.1) is 6.92 Å². The van der Waals surface area contributed by atoms with Crippen LogP contribution < -0.4 is 5.32 Å². The molecule has 27 heavy (non-hydrogen) atoms. The van der Waals surface area contributed by atoms with Gasteiger partial charge in [0, 0.05) is 17.0 Å². The number of carbonyl (C=O) groups is 1.